The Hall–Kier alpha value is -3.91. The molecule has 2 aromatic rings. The molecule has 0 bridgehead atoms. The highest BCUT2D eigenvalue weighted by Gasteiger charge is 2.48. The lowest BCUT2D eigenvalue weighted by Crippen LogP contribution is -2.61. The highest BCUT2D eigenvalue weighted by molar-refractivity contribution is 7.92. The molecule has 1 fully saturated rings. The third-order valence-electron chi connectivity index (χ3n) is 7.68. The summed E-state index contributed by atoms with van der Waals surface area (Å²) >= 11 is 0. The molecule has 0 spiro atoms. The van der Waals surface area contributed by atoms with Crippen molar-refractivity contribution in [3.8, 4) is 22.6 Å². The van der Waals surface area contributed by atoms with Crippen LogP contribution in [-0.4, -0.2) is 98.0 Å². The molecule has 3 rings (SSSR count). The number of carboxylic acids is 1. The second-order valence-corrected chi connectivity index (χ2v) is 14.6. The fourth-order valence-electron chi connectivity index (χ4n) is 5.42. The molecule has 2 atom stereocenters. The number of hydrogen-bond acceptors (Lipinski definition) is 10. The Morgan fingerprint density at radius 2 is 1.73 bits per heavy atom. The van der Waals surface area contributed by atoms with Crippen molar-refractivity contribution in [2.75, 3.05) is 46.2 Å². The molecule has 0 saturated carbocycles. The summed E-state index contributed by atoms with van der Waals surface area (Å²) in [5.74, 6) is -0.413. The number of sulfone groups is 1. The number of ether oxygens (including phenoxy) is 3. The van der Waals surface area contributed by atoms with Crippen LogP contribution in [0.5, 0.6) is 11.5 Å². The number of carbonyl (C=O) groups is 2. The number of methoxy groups -OCH3 is 2. The number of rotatable bonds is 14. The summed E-state index contributed by atoms with van der Waals surface area (Å²) < 4.78 is 42.4. The van der Waals surface area contributed by atoms with Gasteiger partial charge < -0.3 is 29.5 Å². The molecule has 0 aromatic heterocycles. The van der Waals surface area contributed by atoms with E-state index in [-0.39, 0.29) is 38.9 Å². The van der Waals surface area contributed by atoms with E-state index in [0.29, 0.717) is 23.5 Å². The summed E-state index contributed by atoms with van der Waals surface area (Å²) in [6.07, 6.45) is -0.335. The molecule has 45 heavy (non-hydrogen) atoms. The van der Waals surface area contributed by atoms with Crippen molar-refractivity contribution in [3.63, 3.8) is 0 Å². The van der Waals surface area contributed by atoms with Gasteiger partial charge in [0.25, 0.3) is 0 Å². The summed E-state index contributed by atoms with van der Waals surface area (Å²) in [4.78, 5) is 36.9. The van der Waals surface area contributed by atoms with E-state index in [0.717, 1.165) is 11.1 Å². The van der Waals surface area contributed by atoms with Crippen molar-refractivity contribution in [3.05, 3.63) is 58.1 Å². The average Bonchev–Trinajstić information content (AvgIpc) is 2.97. The Morgan fingerprint density at radius 3 is 2.27 bits per heavy atom. The van der Waals surface area contributed by atoms with Crippen molar-refractivity contribution in [2.45, 2.75) is 62.8 Å². The van der Waals surface area contributed by atoms with Gasteiger partial charge in [0.1, 0.15) is 27.9 Å². The van der Waals surface area contributed by atoms with Gasteiger partial charge in [-0.05, 0) is 63.3 Å². The third-order valence-corrected chi connectivity index (χ3v) is 10.3. The highest BCUT2D eigenvalue weighted by Crippen LogP contribution is 2.38. The predicted octanol–water partition coefficient (Wildman–Crippen LogP) is 3.81. The van der Waals surface area contributed by atoms with Crippen LogP contribution in [0.4, 0.5) is 4.79 Å². The summed E-state index contributed by atoms with van der Waals surface area (Å²) in [6, 6.07) is 11.5. The minimum absolute atomic E-state index is 0.0475. The fraction of sp³-hybridized carbons (Fsp3) is 0.548. The fourth-order valence-corrected chi connectivity index (χ4v) is 7.48. The lowest BCUT2D eigenvalue weighted by molar-refractivity contribution is -0.479. The molecule has 1 unspecified atom stereocenters. The molecule has 14 heteroatoms. The number of nitrogens with zero attached hydrogens (tertiary/aromatic N) is 2. The van der Waals surface area contributed by atoms with E-state index in [1.807, 2.05) is 30.3 Å². The molecule has 1 saturated heterocycles. The molecule has 2 N–H and O–H groups in total. The minimum Gasteiger partial charge on any atom is -0.496 e. The highest BCUT2D eigenvalue weighted by atomic mass is 32.2. The van der Waals surface area contributed by atoms with Gasteiger partial charge in [-0.2, -0.15) is 0 Å². The largest absolute Gasteiger partial charge is 0.496 e. The van der Waals surface area contributed by atoms with E-state index in [4.69, 9.17) is 14.2 Å². The van der Waals surface area contributed by atoms with E-state index in [1.165, 1.54) is 4.90 Å². The molecule has 2 aromatic carbocycles. The van der Waals surface area contributed by atoms with Gasteiger partial charge in [-0.3, -0.25) is 14.9 Å². The summed E-state index contributed by atoms with van der Waals surface area (Å²) in [5, 5.41) is 23.9. The lowest BCUT2D eigenvalue weighted by Gasteiger charge is -2.43. The number of nitro groups is 1. The van der Waals surface area contributed by atoms with Crippen molar-refractivity contribution in [1.82, 2.24) is 10.2 Å². The molecule has 1 aliphatic heterocycles. The van der Waals surface area contributed by atoms with E-state index in [9.17, 15) is 33.2 Å². The van der Waals surface area contributed by atoms with Crippen LogP contribution in [0.15, 0.2) is 42.5 Å². The standard InChI is InChI=1S/C31H43N3O10S/c1-30(2,3)44-29(37)33-16-7-15-31(21-33,45(40,41)18-8-17-34(38)39)20-32-24(28(35)36)19-22-11-13-23(14-12-22)27-25(42-4)9-6-10-26(27)43-5/h6,9-14,24,32H,7-8,15-21H2,1-5H3,(H,35,36)/t24-,31?/m0/s1. The Labute approximate surface area is 263 Å². The van der Waals surface area contributed by atoms with Crippen LogP contribution in [-0.2, 0) is 25.8 Å². The van der Waals surface area contributed by atoms with Gasteiger partial charge in [-0.1, -0.05) is 30.3 Å². The Balaban J connectivity index is 1.85. The number of amides is 1. The zero-order valence-corrected chi connectivity index (χ0v) is 27.2. The quantitative estimate of drug-likeness (QED) is 0.225. The van der Waals surface area contributed by atoms with Gasteiger partial charge in [0.2, 0.25) is 6.54 Å². The number of piperidine rings is 1. The Bertz CT molecular complexity index is 1430. The first-order valence-corrected chi connectivity index (χ1v) is 16.3. The van der Waals surface area contributed by atoms with E-state index in [1.54, 1.807) is 47.1 Å². The molecule has 248 valence electrons. The lowest BCUT2D eigenvalue weighted by atomic mass is 9.95. The molecular formula is C31H43N3O10S. The molecule has 1 aliphatic rings. The third kappa shape index (κ3) is 9.30. The van der Waals surface area contributed by atoms with Crippen LogP contribution in [0.25, 0.3) is 11.1 Å². The van der Waals surface area contributed by atoms with Crippen molar-refractivity contribution < 1.29 is 42.2 Å². The number of nitrogens with one attached hydrogen (secondary N) is 1. The number of carbonyl (C=O) groups excluding carboxylic acids is 1. The van der Waals surface area contributed by atoms with Gasteiger partial charge in [0.05, 0.1) is 25.5 Å². The first kappa shape index (κ1) is 35.6. The van der Waals surface area contributed by atoms with E-state index >= 15 is 0 Å². The number of carboxylic acid groups (broad SMARTS) is 1. The van der Waals surface area contributed by atoms with Crippen LogP contribution < -0.4 is 14.8 Å². The van der Waals surface area contributed by atoms with E-state index < -0.39 is 55.5 Å². The van der Waals surface area contributed by atoms with E-state index in [2.05, 4.69) is 5.32 Å². The molecule has 0 aliphatic carbocycles. The number of hydrogen-bond donors (Lipinski definition) is 2. The van der Waals surface area contributed by atoms with Crippen LogP contribution in [0.3, 0.4) is 0 Å². The smallest absolute Gasteiger partial charge is 0.410 e. The number of likely N-dealkylation sites (tertiary alicyclic amines) is 1. The maximum atomic E-state index is 13.8. The molecule has 13 nitrogen and oxygen atoms in total. The summed E-state index contributed by atoms with van der Waals surface area (Å²) in [5.41, 5.74) is 1.44. The van der Waals surface area contributed by atoms with Crippen LogP contribution in [0, 0.1) is 10.1 Å². The molecule has 0 radical (unpaired) electrons. The van der Waals surface area contributed by atoms with Crippen LogP contribution >= 0.6 is 0 Å². The Morgan fingerprint density at radius 1 is 1.11 bits per heavy atom. The maximum absolute atomic E-state index is 13.8. The zero-order chi connectivity index (χ0) is 33.4. The van der Waals surface area contributed by atoms with Gasteiger partial charge in [0, 0.05) is 31.0 Å². The molecule has 1 amide bonds. The van der Waals surface area contributed by atoms with Crippen molar-refractivity contribution in [2.24, 2.45) is 0 Å². The zero-order valence-electron chi connectivity index (χ0n) is 26.4. The minimum atomic E-state index is -4.03. The second kappa shape index (κ2) is 14.9. The van der Waals surface area contributed by atoms with Gasteiger partial charge >= 0.3 is 12.1 Å². The number of aliphatic carboxylic acids is 1. The topological polar surface area (TPSA) is 175 Å². The monoisotopic (exact) mass is 649 g/mol. The SMILES string of the molecule is COc1cccc(OC)c1-c1ccc(C[C@H](NCC2(S(=O)(=O)CCC[N+](=O)[O-])CCCN(C(=O)OC(C)(C)C)C2)C(=O)O)cc1. The number of benzene rings is 2. The van der Waals surface area contributed by atoms with Crippen molar-refractivity contribution >= 4 is 21.9 Å². The first-order chi connectivity index (χ1) is 21.1. The van der Waals surface area contributed by atoms with Gasteiger partial charge in [-0.15, -0.1) is 0 Å². The first-order valence-electron chi connectivity index (χ1n) is 14.7. The second-order valence-electron chi connectivity index (χ2n) is 12.1. The predicted molar refractivity (Wildman–Crippen MR) is 168 cm³/mol. The molecule has 1 heterocycles. The van der Waals surface area contributed by atoms with Crippen molar-refractivity contribution in [1.29, 1.82) is 0 Å². The van der Waals surface area contributed by atoms with Crippen LogP contribution in [0.1, 0.15) is 45.6 Å². The van der Waals surface area contributed by atoms with Crippen LogP contribution in [0.2, 0.25) is 0 Å². The Kier molecular flexibility index (Phi) is 11.8. The van der Waals surface area contributed by atoms with Gasteiger partial charge in [0.15, 0.2) is 9.84 Å². The average molecular weight is 650 g/mol. The van der Waals surface area contributed by atoms with Gasteiger partial charge in [-0.25, -0.2) is 13.2 Å². The normalized spacial score (nSPS) is 17.8. The maximum Gasteiger partial charge on any atom is 0.410 e. The summed E-state index contributed by atoms with van der Waals surface area (Å²) in [6.45, 7) is 4.37. The molecular weight excluding hydrogens is 606 g/mol. The summed E-state index contributed by atoms with van der Waals surface area (Å²) in [7, 11) is -0.908.